The Morgan fingerprint density at radius 3 is 2.74 bits per heavy atom. The van der Waals surface area contributed by atoms with Gasteiger partial charge in [0.1, 0.15) is 0 Å². The molecule has 0 saturated heterocycles. The van der Waals surface area contributed by atoms with E-state index in [0.717, 1.165) is 5.69 Å². The highest BCUT2D eigenvalue weighted by Gasteiger charge is 2.27. The summed E-state index contributed by atoms with van der Waals surface area (Å²) in [5.41, 5.74) is 1.43. The van der Waals surface area contributed by atoms with E-state index in [4.69, 9.17) is 4.74 Å². The maximum absolute atomic E-state index is 12.4. The van der Waals surface area contributed by atoms with Gasteiger partial charge in [0.05, 0.1) is 6.61 Å². The Kier molecular flexibility index (Phi) is 5.92. The van der Waals surface area contributed by atoms with Gasteiger partial charge in [-0.3, -0.25) is 5.10 Å². The standard InChI is InChI=1S/C11H22N4O3S/c1-5-18-7-6-15(4)19(16,17)11-10(8-12-3)9(2)13-14-11/h12H,5-8H2,1-4H3,(H,13,14). The van der Waals surface area contributed by atoms with Crippen LogP contribution in [0.1, 0.15) is 18.2 Å². The van der Waals surface area contributed by atoms with Crippen molar-refractivity contribution in [2.75, 3.05) is 33.9 Å². The number of nitrogens with zero attached hydrogens (tertiary/aromatic N) is 2. The zero-order valence-corrected chi connectivity index (χ0v) is 12.7. The van der Waals surface area contributed by atoms with Crippen LogP contribution in [0.5, 0.6) is 0 Å². The number of nitrogens with one attached hydrogen (secondary N) is 2. The Balaban J connectivity index is 2.93. The van der Waals surface area contributed by atoms with Crippen LogP contribution in [-0.2, 0) is 21.3 Å². The lowest BCUT2D eigenvalue weighted by molar-refractivity contribution is 0.138. The van der Waals surface area contributed by atoms with Crippen LogP contribution < -0.4 is 5.32 Å². The minimum atomic E-state index is -3.58. The average Bonchev–Trinajstić information content (AvgIpc) is 2.72. The molecule has 0 spiro atoms. The Labute approximate surface area is 114 Å². The normalized spacial score (nSPS) is 12.3. The van der Waals surface area contributed by atoms with Gasteiger partial charge in [-0.15, -0.1) is 0 Å². The number of likely N-dealkylation sites (N-methyl/N-ethyl adjacent to an activating group) is 1. The van der Waals surface area contributed by atoms with Crippen LogP contribution in [0.2, 0.25) is 0 Å². The molecule has 0 aromatic carbocycles. The topological polar surface area (TPSA) is 87.3 Å². The van der Waals surface area contributed by atoms with Gasteiger partial charge in [-0.1, -0.05) is 0 Å². The quantitative estimate of drug-likeness (QED) is 0.663. The molecule has 110 valence electrons. The van der Waals surface area contributed by atoms with E-state index in [1.165, 1.54) is 11.4 Å². The number of sulfonamides is 1. The third kappa shape index (κ3) is 3.75. The summed E-state index contributed by atoms with van der Waals surface area (Å²) in [6, 6.07) is 0. The Morgan fingerprint density at radius 1 is 1.47 bits per heavy atom. The highest BCUT2D eigenvalue weighted by Crippen LogP contribution is 2.19. The third-order valence-electron chi connectivity index (χ3n) is 2.80. The summed E-state index contributed by atoms with van der Waals surface area (Å²) in [4.78, 5) is 0. The average molecular weight is 290 g/mol. The Bertz CT molecular complexity index is 498. The van der Waals surface area contributed by atoms with E-state index in [0.29, 0.717) is 31.9 Å². The smallest absolute Gasteiger partial charge is 0.262 e. The lowest BCUT2D eigenvalue weighted by atomic mass is 10.3. The fourth-order valence-electron chi connectivity index (χ4n) is 1.63. The van der Waals surface area contributed by atoms with Gasteiger partial charge in [-0.25, -0.2) is 8.42 Å². The lowest BCUT2D eigenvalue weighted by Crippen LogP contribution is -2.31. The van der Waals surface area contributed by atoms with E-state index in [9.17, 15) is 8.42 Å². The first kappa shape index (κ1) is 16.1. The van der Waals surface area contributed by atoms with Gasteiger partial charge in [0.25, 0.3) is 10.0 Å². The number of hydrogen-bond donors (Lipinski definition) is 2. The van der Waals surface area contributed by atoms with Gasteiger partial charge in [0.15, 0.2) is 5.03 Å². The summed E-state index contributed by atoms with van der Waals surface area (Å²) >= 11 is 0. The first-order valence-electron chi connectivity index (χ1n) is 6.17. The minimum Gasteiger partial charge on any atom is -0.380 e. The molecule has 0 aliphatic heterocycles. The summed E-state index contributed by atoms with van der Waals surface area (Å²) in [6.45, 7) is 5.38. The van der Waals surface area contributed by atoms with Gasteiger partial charge < -0.3 is 10.1 Å². The van der Waals surface area contributed by atoms with Gasteiger partial charge in [0, 0.05) is 38.0 Å². The van der Waals surface area contributed by atoms with Crippen LogP contribution in [0.15, 0.2) is 5.03 Å². The van der Waals surface area contributed by atoms with E-state index in [2.05, 4.69) is 15.5 Å². The van der Waals surface area contributed by atoms with Gasteiger partial charge in [0.2, 0.25) is 0 Å². The van der Waals surface area contributed by atoms with E-state index in [1.54, 1.807) is 14.0 Å². The lowest BCUT2D eigenvalue weighted by Gasteiger charge is -2.16. The summed E-state index contributed by atoms with van der Waals surface area (Å²) in [7, 11) is -0.286. The molecule has 1 aromatic heterocycles. The number of aryl methyl sites for hydroxylation is 1. The molecule has 0 radical (unpaired) electrons. The summed E-state index contributed by atoms with van der Waals surface area (Å²) in [5.74, 6) is 0. The molecule has 0 fully saturated rings. The maximum Gasteiger partial charge on any atom is 0.262 e. The van der Waals surface area contributed by atoms with E-state index < -0.39 is 10.0 Å². The molecule has 8 heteroatoms. The first-order chi connectivity index (χ1) is 8.95. The SMILES string of the molecule is CCOCCN(C)S(=O)(=O)c1n[nH]c(C)c1CNC. The molecular weight excluding hydrogens is 268 g/mol. The zero-order chi connectivity index (χ0) is 14.5. The monoisotopic (exact) mass is 290 g/mol. The van der Waals surface area contributed by atoms with Gasteiger partial charge in [-0.2, -0.15) is 9.40 Å². The molecule has 0 bridgehead atoms. The molecule has 0 unspecified atom stereocenters. The second-order valence-electron chi connectivity index (χ2n) is 4.19. The number of hydrogen-bond acceptors (Lipinski definition) is 5. The number of ether oxygens (including phenoxy) is 1. The number of aromatic amines is 1. The number of H-pyrrole nitrogens is 1. The van der Waals surface area contributed by atoms with Crippen LogP contribution in [0.3, 0.4) is 0 Å². The predicted octanol–water partition coefficient (Wildman–Crippen LogP) is 0.0945. The fraction of sp³-hybridized carbons (Fsp3) is 0.727. The van der Waals surface area contributed by atoms with Crippen molar-refractivity contribution in [2.24, 2.45) is 0 Å². The Hall–Kier alpha value is -0.960. The summed E-state index contributed by atoms with van der Waals surface area (Å²) in [5, 5.41) is 9.67. The molecule has 19 heavy (non-hydrogen) atoms. The largest absolute Gasteiger partial charge is 0.380 e. The van der Waals surface area contributed by atoms with E-state index in [1.807, 2.05) is 6.92 Å². The van der Waals surface area contributed by atoms with Gasteiger partial charge in [-0.05, 0) is 20.9 Å². The zero-order valence-electron chi connectivity index (χ0n) is 11.9. The van der Waals surface area contributed by atoms with Crippen LogP contribution in [0, 0.1) is 6.92 Å². The molecule has 2 N–H and O–H groups in total. The highest BCUT2D eigenvalue weighted by molar-refractivity contribution is 7.89. The minimum absolute atomic E-state index is 0.0818. The number of aromatic nitrogens is 2. The summed E-state index contributed by atoms with van der Waals surface area (Å²) < 4.78 is 31.2. The number of rotatable bonds is 8. The molecule has 1 aromatic rings. The van der Waals surface area contributed by atoms with Crippen LogP contribution in [0.4, 0.5) is 0 Å². The van der Waals surface area contributed by atoms with Gasteiger partial charge >= 0.3 is 0 Å². The van der Waals surface area contributed by atoms with Crippen molar-refractivity contribution in [2.45, 2.75) is 25.4 Å². The van der Waals surface area contributed by atoms with E-state index in [-0.39, 0.29) is 5.03 Å². The van der Waals surface area contributed by atoms with Crippen LogP contribution >= 0.6 is 0 Å². The fourth-order valence-corrected chi connectivity index (χ4v) is 2.94. The van der Waals surface area contributed by atoms with Crippen molar-refractivity contribution < 1.29 is 13.2 Å². The first-order valence-corrected chi connectivity index (χ1v) is 7.61. The Morgan fingerprint density at radius 2 is 2.16 bits per heavy atom. The molecule has 0 aliphatic rings. The second-order valence-corrected chi connectivity index (χ2v) is 6.15. The highest BCUT2D eigenvalue weighted by atomic mass is 32.2. The van der Waals surface area contributed by atoms with Crippen LogP contribution in [-0.4, -0.2) is 56.8 Å². The third-order valence-corrected chi connectivity index (χ3v) is 4.63. The molecule has 7 nitrogen and oxygen atoms in total. The van der Waals surface area contributed by atoms with Crippen molar-refractivity contribution in [1.29, 1.82) is 0 Å². The van der Waals surface area contributed by atoms with Crippen molar-refractivity contribution >= 4 is 10.0 Å². The predicted molar refractivity (Wildman–Crippen MR) is 72.4 cm³/mol. The van der Waals surface area contributed by atoms with E-state index >= 15 is 0 Å². The molecule has 0 saturated carbocycles. The van der Waals surface area contributed by atoms with Crippen molar-refractivity contribution in [1.82, 2.24) is 19.8 Å². The van der Waals surface area contributed by atoms with Crippen molar-refractivity contribution in [3.05, 3.63) is 11.3 Å². The molecule has 0 amide bonds. The maximum atomic E-state index is 12.4. The van der Waals surface area contributed by atoms with Crippen molar-refractivity contribution in [3.63, 3.8) is 0 Å². The molecule has 0 aliphatic carbocycles. The molecule has 1 heterocycles. The molecule has 1 rings (SSSR count). The molecule has 0 atom stereocenters. The van der Waals surface area contributed by atoms with Crippen LogP contribution in [0.25, 0.3) is 0 Å². The van der Waals surface area contributed by atoms with Crippen molar-refractivity contribution in [3.8, 4) is 0 Å². The summed E-state index contributed by atoms with van der Waals surface area (Å²) in [6.07, 6.45) is 0. The second kappa shape index (κ2) is 6.99. The molecular formula is C11H22N4O3S.